The van der Waals surface area contributed by atoms with Crippen molar-refractivity contribution in [3.63, 3.8) is 0 Å². The summed E-state index contributed by atoms with van der Waals surface area (Å²) < 4.78 is 13.1. The summed E-state index contributed by atoms with van der Waals surface area (Å²) >= 11 is 5.51. The molecule has 3 aromatic rings. The van der Waals surface area contributed by atoms with Crippen LogP contribution >= 0.6 is 31.9 Å². The van der Waals surface area contributed by atoms with Crippen molar-refractivity contribution in [2.75, 3.05) is 17.3 Å². The number of rotatable bonds is 3. The molecule has 1 unspecified atom stereocenters. The first-order chi connectivity index (χ1) is 11.0. The van der Waals surface area contributed by atoms with Crippen molar-refractivity contribution in [3.05, 3.63) is 33.6 Å². The van der Waals surface area contributed by atoms with Gasteiger partial charge in [0.2, 0.25) is 0 Å². The number of fused-ring (bicyclic) bond motifs is 1. The maximum Gasteiger partial charge on any atom is 0.343 e. The monoisotopic (exact) mass is 456 g/mol. The molecule has 1 atom stereocenters. The van der Waals surface area contributed by atoms with E-state index in [-0.39, 0.29) is 5.16 Å². The molecular formula is C13H10Br2N6OS. The molecule has 0 fully saturated rings. The van der Waals surface area contributed by atoms with Gasteiger partial charge in [-0.3, -0.25) is 0 Å². The average Bonchev–Trinajstić information content (AvgIpc) is 2.52. The van der Waals surface area contributed by atoms with Gasteiger partial charge in [0.15, 0.2) is 5.82 Å². The summed E-state index contributed by atoms with van der Waals surface area (Å²) in [5, 5.41) is 3.40. The highest BCUT2D eigenvalue weighted by molar-refractivity contribution is 9.11. The molecule has 3 rings (SSSR count). The van der Waals surface area contributed by atoms with E-state index in [1.807, 2.05) is 12.1 Å². The number of hydrogen-bond acceptors (Lipinski definition) is 7. The molecule has 1 aromatic carbocycles. The van der Waals surface area contributed by atoms with Gasteiger partial charge in [0.05, 0.1) is 11.9 Å². The Morgan fingerprint density at radius 2 is 1.87 bits per heavy atom. The summed E-state index contributed by atoms with van der Waals surface area (Å²) in [6.45, 7) is 0. The zero-order chi connectivity index (χ0) is 16.6. The van der Waals surface area contributed by atoms with Crippen LogP contribution in [0.2, 0.25) is 0 Å². The number of nitrogens with one attached hydrogen (secondary N) is 1. The van der Waals surface area contributed by atoms with E-state index in [1.165, 1.54) is 18.8 Å². The third-order valence-corrected chi connectivity index (χ3v) is 4.98. The fourth-order valence-electron chi connectivity index (χ4n) is 1.86. The highest BCUT2D eigenvalue weighted by Crippen LogP contribution is 2.33. The average molecular weight is 458 g/mol. The van der Waals surface area contributed by atoms with Gasteiger partial charge in [-0.1, -0.05) is 0 Å². The smallest absolute Gasteiger partial charge is 0.343 e. The van der Waals surface area contributed by atoms with Crippen molar-refractivity contribution in [2.24, 2.45) is 0 Å². The van der Waals surface area contributed by atoms with E-state index >= 15 is 0 Å². The van der Waals surface area contributed by atoms with Gasteiger partial charge in [-0.05, 0) is 44.0 Å². The number of hydrogen-bond donors (Lipinski definition) is 2. The summed E-state index contributed by atoms with van der Waals surface area (Å²) in [5.41, 5.74) is 8.31. The number of nitrogens with two attached hydrogens (primary N) is 1. The van der Waals surface area contributed by atoms with Gasteiger partial charge in [0, 0.05) is 25.8 Å². The zero-order valence-electron chi connectivity index (χ0n) is 11.7. The second kappa shape index (κ2) is 6.56. The lowest BCUT2D eigenvalue weighted by molar-refractivity contribution is 0.592. The van der Waals surface area contributed by atoms with Crippen molar-refractivity contribution in [3.8, 4) is 0 Å². The van der Waals surface area contributed by atoms with E-state index in [1.54, 1.807) is 0 Å². The van der Waals surface area contributed by atoms with Crippen LogP contribution in [0.25, 0.3) is 11.0 Å². The molecule has 0 saturated carbocycles. The van der Waals surface area contributed by atoms with E-state index < -0.39 is 11.2 Å². The first kappa shape index (κ1) is 16.4. The Morgan fingerprint density at radius 1 is 1.17 bits per heavy atom. The first-order valence-electron chi connectivity index (χ1n) is 6.28. The van der Waals surface area contributed by atoms with Crippen LogP contribution in [0.5, 0.6) is 0 Å². The lowest BCUT2D eigenvalue weighted by Gasteiger charge is -2.10. The summed E-state index contributed by atoms with van der Waals surface area (Å²) in [4.78, 5) is 16.7. The van der Waals surface area contributed by atoms with Crippen LogP contribution in [-0.2, 0) is 11.2 Å². The molecule has 0 amide bonds. The number of halogens is 2. The van der Waals surface area contributed by atoms with Crippen LogP contribution in [-0.4, -0.2) is 30.7 Å². The first-order valence-corrected chi connectivity index (χ1v) is 9.43. The Labute approximate surface area is 151 Å². The van der Waals surface area contributed by atoms with Crippen molar-refractivity contribution in [2.45, 2.75) is 5.16 Å². The van der Waals surface area contributed by atoms with Crippen molar-refractivity contribution >= 4 is 71.3 Å². The van der Waals surface area contributed by atoms with Crippen LogP contribution in [0.3, 0.4) is 0 Å². The minimum atomic E-state index is -1.29. The Balaban J connectivity index is 2.07. The number of anilines is 3. The molecule has 0 spiro atoms. The van der Waals surface area contributed by atoms with Crippen molar-refractivity contribution in [1.82, 2.24) is 19.9 Å². The summed E-state index contributed by atoms with van der Waals surface area (Å²) in [6, 6.07) is 3.65. The number of nitrogens with zero attached hydrogens (tertiary/aromatic N) is 4. The minimum absolute atomic E-state index is 0.231. The van der Waals surface area contributed by atoms with Crippen LogP contribution < -0.4 is 11.1 Å². The Kier molecular flexibility index (Phi) is 4.67. The van der Waals surface area contributed by atoms with Crippen LogP contribution in [0, 0.1) is 0 Å². The van der Waals surface area contributed by atoms with E-state index in [0.717, 1.165) is 14.6 Å². The normalized spacial score (nSPS) is 12.3. The maximum atomic E-state index is 11.6. The van der Waals surface area contributed by atoms with Gasteiger partial charge < -0.3 is 15.6 Å². The van der Waals surface area contributed by atoms with Gasteiger partial charge in [0.1, 0.15) is 23.6 Å². The molecule has 0 aliphatic rings. The summed E-state index contributed by atoms with van der Waals surface area (Å²) in [5.74, 6) is 0.493. The number of nitrogen functional groups attached to an aromatic ring is 1. The summed E-state index contributed by atoms with van der Waals surface area (Å²) in [7, 11) is 0. The summed E-state index contributed by atoms with van der Waals surface area (Å²) in [6.07, 6.45) is 4.46. The van der Waals surface area contributed by atoms with Crippen LogP contribution in [0.4, 0.5) is 17.2 Å². The van der Waals surface area contributed by atoms with Crippen molar-refractivity contribution < 1.29 is 4.55 Å². The molecule has 23 heavy (non-hydrogen) atoms. The van der Waals surface area contributed by atoms with Gasteiger partial charge in [-0.25, -0.2) is 9.97 Å². The quantitative estimate of drug-likeness (QED) is 0.353. The Morgan fingerprint density at radius 3 is 2.52 bits per heavy atom. The minimum Gasteiger partial charge on any atom is -0.609 e. The molecule has 0 saturated heterocycles. The van der Waals surface area contributed by atoms with Crippen LogP contribution in [0.1, 0.15) is 0 Å². The fraction of sp³-hybridized carbons (Fsp3) is 0.0769. The molecule has 2 heterocycles. The Bertz CT molecular complexity index is 868. The second-order valence-electron chi connectivity index (χ2n) is 4.54. The molecule has 0 bridgehead atoms. The van der Waals surface area contributed by atoms with E-state index in [2.05, 4.69) is 57.1 Å². The highest BCUT2D eigenvalue weighted by Gasteiger charge is 2.14. The molecule has 0 radical (unpaired) electrons. The zero-order valence-corrected chi connectivity index (χ0v) is 15.7. The van der Waals surface area contributed by atoms with E-state index in [9.17, 15) is 4.55 Å². The van der Waals surface area contributed by atoms with Crippen LogP contribution in [0.15, 0.2) is 38.8 Å². The lowest BCUT2D eigenvalue weighted by Crippen LogP contribution is -2.06. The predicted molar refractivity (Wildman–Crippen MR) is 97.0 cm³/mol. The molecule has 7 nitrogen and oxygen atoms in total. The molecule has 2 aromatic heterocycles. The van der Waals surface area contributed by atoms with Gasteiger partial charge in [-0.15, -0.1) is 0 Å². The molecule has 118 valence electrons. The standard InChI is InChI=1S/C13H10Br2N6OS/c1-23(22)13-17-4-9-11(21-13)12(19-5-18-9)20-6-2-7(14)10(16)8(15)3-6/h2-5H,16H2,1H3,(H,18,19,20). The van der Waals surface area contributed by atoms with Gasteiger partial charge in [-0.2, -0.15) is 9.97 Å². The molecule has 0 aliphatic heterocycles. The molecule has 3 N–H and O–H groups in total. The largest absolute Gasteiger partial charge is 0.609 e. The fourth-order valence-corrected chi connectivity index (χ4v) is 3.47. The van der Waals surface area contributed by atoms with E-state index in [4.69, 9.17) is 5.73 Å². The maximum absolute atomic E-state index is 11.6. The van der Waals surface area contributed by atoms with E-state index in [0.29, 0.717) is 22.5 Å². The second-order valence-corrected chi connectivity index (χ2v) is 7.52. The third-order valence-electron chi connectivity index (χ3n) is 2.95. The predicted octanol–water partition coefficient (Wildman–Crippen LogP) is 3.01. The lowest BCUT2D eigenvalue weighted by atomic mass is 10.3. The molecule has 10 heteroatoms. The Hall–Kier alpha value is -1.49. The molecule has 0 aliphatic carbocycles. The SMILES string of the molecule is C[S+]([O-])c1ncc2ncnc(Nc3cc(Br)c(N)c(Br)c3)c2n1. The third kappa shape index (κ3) is 3.39. The number of aromatic nitrogens is 4. The number of benzene rings is 1. The topological polar surface area (TPSA) is 113 Å². The highest BCUT2D eigenvalue weighted by atomic mass is 79.9. The van der Waals surface area contributed by atoms with Crippen molar-refractivity contribution in [1.29, 1.82) is 0 Å². The van der Waals surface area contributed by atoms with Gasteiger partial charge >= 0.3 is 5.16 Å². The molecular weight excluding hydrogens is 448 g/mol. The van der Waals surface area contributed by atoms with Gasteiger partial charge in [0.25, 0.3) is 0 Å².